The summed E-state index contributed by atoms with van der Waals surface area (Å²) in [5.74, 6) is -2.97. The van der Waals surface area contributed by atoms with E-state index in [0.717, 1.165) is 19.9 Å². The molecule has 7 nitrogen and oxygen atoms in total. The molecule has 0 radical (unpaired) electrons. The van der Waals surface area contributed by atoms with Gasteiger partial charge in [-0.15, -0.1) is 11.8 Å². The SMILES string of the molecule is CC(=O)Oc1c2n(ccc1=O)N([C@@H]1c3ccc(Cl)cc3CSc3c(F)cccc31)CN([C@H](C)C(F)(F)F)C2=O. The largest absolute Gasteiger partial charge is 0.420 e. The van der Waals surface area contributed by atoms with E-state index in [1.165, 1.54) is 39.8 Å². The molecule has 204 valence electrons. The van der Waals surface area contributed by atoms with Crippen molar-refractivity contribution in [3.63, 3.8) is 0 Å². The van der Waals surface area contributed by atoms with Gasteiger partial charge in [-0.1, -0.05) is 29.8 Å². The smallest absolute Gasteiger partial charge is 0.408 e. The number of hydrogen-bond acceptors (Lipinski definition) is 6. The van der Waals surface area contributed by atoms with Crippen molar-refractivity contribution in [1.29, 1.82) is 0 Å². The number of alkyl halides is 3. The van der Waals surface area contributed by atoms with Crippen LogP contribution in [-0.4, -0.2) is 40.3 Å². The van der Waals surface area contributed by atoms with Crippen molar-refractivity contribution in [3.8, 4) is 5.75 Å². The first-order valence-electron chi connectivity index (χ1n) is 11.7. The molecule has 1 aromatic heterocycles. The zero-order valence-electron chi connectivity index (χ0n) is 20.5. The Hall–Kier alpha value is -3.51. The molecule has 2 aliphatic heterocycles. The molecule has 1 amide bonds. The Labute approximate surface area is 228 Å². The Morgan fingerprint density at radius 2 is 1.90 bits per heavy atom. The lowest BCUT2D eigenvalue weighted by atomic mass is 9.94. The highest BCUT2D eigenvalue weighted by Gasteiger charge is 2.48. The van der Waals surface area contributed by atoms with Crippen molar-refractivity contribution in [2.24, 2.45) is 0 Å². The molecule has 3 heterocycles. The lowest BCUT2D eigenvalue weighted by molar-refractivity contribution is -0.173. The minimum Gasteiger partial charge on any atom is -0.420 e. The Morgan fingerprint density at radius 1 is 1.15 bits per heavy atom. The fourth-order valence-electron chi connectivity index (χ4n) is 4.76. The normalized spacial score (nSPS) is 17.6. The van der Waals surface area contributed by atoms with Crippen LogP contribution >= 0.6 is 23.4 Å². The number of amides is 1. The number of rotatable bonds is 3. The Kier molecular flexibility index (Phi) is 6.88. The number of thioether (sulfide) groups is 1. The van der Waals surface area contributed by atoms with Crippen LogP contribution in [0.25, 0.3) is 0 Å². The molecule has 3 aromatic rings. The summed E-state index contributed by atoms with van der Waals surface area (Å²) in [7, 11) is 0. The van der Waals surface area contributed by atoms with Gasteiger partial charge in [0.25, 0.3) is 5.91 Å². The van der Waals surface area contributed by atoms with Gasteiger partial charge in [-0.05, 0) is 41.8 Å². The Bertz CT molecular complexity index is 1560. The minimum atomic E-state index is -4.81. The second-order valence-electron chi connectivity index (χ2n) is 9.06. The van der Waals surface area contributed by atoms with E-state index in [1.54, 1.807) is 24.3 Å². The third-order valence-electron chi connectivity index (χ3n) is 6.62. The molecular formula is C26H20ClF4N3O4S. The van der Waals surface area contributed by atoms with Gasteiger partial charge in [0.05, 0.1) is 6.04 Å². The standard InChI is InChI=1S/C26H20ClF4N3O4S/c1-13(26(29,30)31)32-12-34(33-9-8-20(36)23(38-14(2)35)22(33)25(32)37)21-17-7-6-16(27)10-15(17)11-39-24-18(21)4-3-5-19(24)28/h3-10,13,21H,11-12H2,1-2H3/t13-,21-/m1/s1. The number of benzene rings is 2. The van der Waals surface area contributed by atoms with Gasteiger partial charge in [0, 0.05) is 34.9 Å². The second kappa shape index (κ2) is 9.91. The van der Waals surface area contributed by atoms with E-state index < -0.39 is 59.5 Å². The van der Waals surface area contributed by atoms with Gasteiger partial charge in [-0.3, -0.25) is 24.1 Å². The molecule has 5 rings (SSSR count). The molecule has 0 aliphatic carbocycles. The van der Waals surface area contributed by atoms with Crippen LogP contribution in [0.4, 0.5) is 17.6 Å². The van der Waals surface area contributed by atoms with Crippen LogP contribution in [0.2, 0.25) is 5.02 Å². The van der Waals surface area contributed by atoms with Crippen LogP contribution in [0.1, 0.15) is 47.1 Å². The summed E-state index contributed by atoms with van der Waals surface area (Å²) in [5, 5.41) is 1.84. The number of hydrogen-bond donors (Lipinski definition) is 0. The lowest BCUT2D eigenvalue weighted by Gasteiger charge is -2.46. The van der Waals surface area contributed by atoms with E-state index in [4.69, 9.17) is 16.3 Å². The monoisotopic (exact) mass is 581 g/mol. The molecule has 0 saturated heterocycles. The average molecular weight is 582 g/mol. The first kappa shape index (κ1) is 27.1. The number of nitrogens with zero attached hydrogens (tertiary/aromatic N) is 3. The van der Waals surface area contributed by atoms with Gasteiger partial charge in [0.15, 0.2) is 5.69 Å². The second-order valence-corrected chi connectivity index (χ2v) is 10.5. The van der Waals surface area contributed by atoms with E-state index in [2.05, 4.69) is 0 Å². The molecule has 0 fully saturated rings. The van der Waals surface area contributed by atoms with Crippen molar-refractivity contribution >= 4 is 35.2 Å². The quantitative estimate of drug-likeness (QED) is 0.310. The Balaban J connectivity index is 1.82. The number of halogens is 5. The van der Waals surface area contributed by atoms with Crippen molar-refractivity contribution in [1.82, 2.24) is 9.58 Å². The van der Waals surface area contributed by atoms with Crippen molar-refractivity contribution in [2.75, 3.05) is 11.7 Å². The van der Waals surface area contributed by atoms with Crippen molar-refractivity contribution < 1.29 is 31.9 Å². The highest BCUT2D eigenvalue weighted by atomic mass is 35.5. The third-order valence-corrected chi connectivity index (χ3v) is 8.03. The van der Waals surface area contributed by atoms with Crippen LogP contribution in [0.3, 0.4) is 0 Å². The lowest BCUT2D eigenvalue weighted by Crippen LogP contribution is -2.60. The molecular weight excluding hydrogens is 562 g/mol. The summed E-state index contributed by atoms with van der Waals surface area (Å²) >= 11 is 7.46. The molecule has 0 saturated carbocycles. The van der Waals surface area contributed by atoms with Gasteiger partial charge in [-0.25, -0.2) is 4.39 Å². The van der Waals surface area contributed by atoms with Gasteiger partial charge in [-0.2, -0.15) is 13.2 Å². The summed E-state index contributed by atoms with van der Waals surface area (Å²) in [5.41, 5.74) is 0.354. The topological polar surface area (TPSA) is 71.8 Å². The summed E-state index contributed by atoms with van der Waals surface area (Å²) in [4.78, 5) is 38.8. The number of carbonyl (C=O) groups is 2. The maximum Gasteiger partial charge on any atom is 0.408 e. The first-order chi connectivity index (χ1) is 18.4. The van der Waals surface area contributed by atoms with Gasteiger partial charge in [0.1, 0.15) is 18.5 Å². The maximum absolute atomic E-state index is 15.1. The van der Waals surface area contributed by atoms with E-state index in [9.17, 15) is 27.6 Å². The number of carbonyl (C=O) groups excluding carboxylic acids is 2. The fourth-order valence-corrected chi connectivity index (χ4v) is 6.06. The van der Waals surface area contributed by atoms with Crippen LogP contribution in [0, 0.1) is 5.82 Å². The molecule has 0 unspecified atom stereocenters. The van der Waals surface area contributed by atoms with Gasteiger partial charge in [0.2, 0.25) is 11.2 Å². The van der Waals surface area contributed by atoms with Crippen LogP contribution in [0.15, 0.2) is 58.4 Å². The molecule has 2 aliphatic rings. The Morgan fingerprint density at radius 3 is 2.59 bits per heavy atom. The van der Waals surface area contributed by atoms with Crippen LogP contribution in [0.5, 0.6) is 5.75 Å². The average Bonchev–Trinajstić information content (AvgIpc) is 3.02. The van der Waals surface area contributed by atoms with E-state index >= 15 is 4.39 Å². The minimum absolute atomic E-state index is 0.282. The molecule has 0 spiro atoms. The highest BCUT2D eigenvalue weighted by Crippen LogP contribution is 2.45. The van der Waals surface area contributed by atoms with E-state index in [1.807, 2.05) is 0 Å². The highest BCUT2D eigenvalue weighted by molar-refractivity contribution is 7.98. The zero-order valence-corrected chi connectivity index (χ0v) is 22.0. The number of pyridine rings is 1. The third kappa shape index (κ3) is 4.76. The van der Waals surface area contributed by atoms with Gasteiger partial charge >= 0.3 is 12.1 Å². The molecule has 2 aromatic carbocycles. The summed E-state index contributed by atoms with van der Waals surface area (Å²) in [6.45, 7) is 1.25. The predicted molar refractivity (Wildman–Crippen MR) is 136 cm³/mol. The molecule has 13 heteroatoms. The van der Waals surface area contributed by atoms with Gasteiger partial charge < -0.3 is 9.64 Å². The number of esters is 1. The summed E-state index contributed by atoms with van der Waals surface area (Å²) in [6, 6.07) is 7.31. The summed E-state index contributed by atoms with van der Waals surface area (Å²) < 4.78 is 63.2. The number of fused-ring (bicyclic) bond motifs is 3. The maximum atomic E-state index is 15.1. The van der Waals surface area contributed by atoms with Crippen LogP contribution < -0.4 is 15.2 Å². The van der Waals surface area contributed by atoms with Crippen molar-refractivity contribution in [3.05, 3.63) is 92.1 Å². The number of ether oxygens (including phenoxy) is 1. The summed E-state index contributed by atoms with van der Waals surface area (Å²) in [6.07, 6.45) is -3.58. The first-order valence-corrected chi connectivity index (χ1v) is 13.0. The molecule has 39 heavy (non-hydrogen) atoms. The van der Waals surface area contributed by atoms with Crippen molar-refractivity contribution in [2.45, 2.75) is 42.8 Å². The predicted octanol–water partition coefficient (Wildman–Crippen LogP) is 5.26. The van der Waals surface area contributed by atoms with E-state index in [0.29, 0.717) is 32.4 Å². The molecule has 0 bridgehead atoms. The van der Waals surface area contributed by atoms with Crippen LogP contribution in [-0.2, 0) is 10.5 Å². The fraction of sp³-hybridized carbons (Fsp3) is 0.269. The molecule has 2 atom stereocenters. The van der Waals surface area contributed by atoms with E-state index in [-0.39, 0.29) is 4.90 Å². The number of aromatic nitrogens is 1. The zero-order chi connectivity index (χ0) is 28.2. The molecule has 0 N–H and O–H groups in total.